The molecule has 4 heteroatoms. The molecule has 0 aliphatic rings. The second-order valence-corrected chi connectivity index (χ2v) is 5.82. The lowest BCUT2D eigenvalue weighted by molar-refractivity contribution is 0.404. The normalized spacial score (nSPS) is 15.1. The Morgan fingerprint density at radius 2 is 2.33 bits per heavy atom. The standard InChI is InChI=1S/C11H20N2S2/c1-4-9(3)10(12-5-2)8-15-11-13-6-7-14-11/h6-7,9-10,12H,4-5,8H2,1-3H3. The van der Waals surface area contributed by atoms with Crippen molar-refractivity contribution in [2.24, 2.45) is 5.92 Å². The SMILES string of the molecule is CCNC(CSc1nccs1)C(C)CC. The van der Waals surface area contributed by atoms with Crippen LogP contribution in [0.15, 0.2) is 15.9 Å². The third-order valence-corrected chi connectivity index (χ3v) is 4.68. The number of nitrogens with zero attached hydrogens (tertiary/aromatic N) is 1. The van der Waals surface area contributed by atoms with Gasteiger partial charge in [0.2, 0.25) is 0 Å². The summed E-state index contributed by atoms with van der Waals surface area (Å²) < 4.78 is 1.18. The molecule has 0 spiro atoms. The van der Waals surface area contributed by atoms with E-state index in [1.54, 1.807) is 11.3 Å². The highest BCUT2D eigenvalue weighted by molar-refractivity contribution is 8.01. The first-order chi connectivity index (χ1) is 7.27. The molecule has 0 aromatic carbocycles. The lowest BCUT2D eigenvalue weighted by Crippen LogP contribution is -2.36. The number of thiazole rings is 1. The number of aromatic nitrogens is 1. The molecule has 0 radical (unpaired) electrons. The largest absolute Gasteiger partial charge is 0.313 e. The van der Waals surface area contributed by atoms with E-state index in [1.165, 1.54) is 10.8 Å². The smallest absolute Gasteiger partial charge is 0.149 e. The monoisotopic (exact) mass is 244 g/mol. The minimum absolute atomic E-state index is 0.605. The van der Waals surface area contributed by atoms with Gasteiger partial charge in [-0.05, 0) is 12.5 Å². The Morgan fingerprint density at radius 3 is 2.87 bits per heavy atom. The van der Waals surface area contributed by atoms with E-state index in [9.17, 15) is 0 Å². The van der Waals surface area contributed by atoms with E-state index in [0.717, 1.165) is 18.2 Å². The summed E-state index contributed by atoms with van der Waals surface area (Å²) in [6.45, 7) is 7.79. The van der Waals surface area contributed by atoms with Crippen LogP contribution in [0.5, 0.6) is 0 Å². The van der Waals surface area contributed by atoms with Gasteiger partial charge in [0.25, 0.3) is 0 Å². The summed E-state index contributed by atoms with van der Waals surface area (Å²) in [5.74, 6) is 1.86. The fraction of sp³-hybridized carbons (Fsp3) is 0.727. The maximum absolute atomic E-state index is 4.29. The lowest BCUT2D eigenvalue weighted by Gasteiger charge is -2.22. The summed E-state index contributed by atoms with van der Waals surface area (Å²) in [6.07, 6.45) is 3.11. The van der Waals surface area contributed by atoms with Crippen molar-refractivity contribution in [1.82, 2.24) is 10.3 Å². The molecule has 0 saturated carbocycles. The first-order valence-corrected chi connectivity index (χ1v) is 7.40. The van der Waals surface area contributed by atoms with Gasteiger partial charge in [-0.2, -0.15) is 0 Å². The zero-order valence-corrected chi connectivity index (χ0v) is 11.3. The van der Waals surface area contributed by atoms with Gasteiger partial charge in [0.15, 0.2) is 0 Å². The molecule has 0 amide bonds. The van der Waals surface area contributed by atoms with E-state index in [2.05, 4.69) is 31.1 Å². The number of nitrogens with one attached hydrogen (secondary N) is 1. The molecule has 86 valence electrons. The van der Waals surface area contributed by atoms with E-state index in [0.29, 0.717) is 6.04 Å². The molecule has 15 heavy (non-hydrogen) atoms. The quantitative estimate of drug-likeness (QED) is 0.745. The Kier molecular flexibility index (Phi) is 6.29. The molecule has 1 aromatic rings. The lowest BCUT2D eigenvalue weighted by atomic mass is 10.0. The predicted molar refractivity (Wildman–Crippen MR) is 69.8 cm³/mol. The third-order valence-electron chi connectivity index (χ3n) is 2.59. The van der Waals surface area contributed by atoms with Crippen LogP contribution in [0.2, 0.25) is 0 Å². The van der Waals surface area contributed by atoms with E-state index in [1.807, 2.05) is 23.3 Å². The van der Waals surface area contributed by atoms with E-state index >= 15 is 0 Å². The van der Waals surface area contributed by atoms with E-state index < -0.39 is 0 Å². The Balaban J connectivity index is 2.37. The highest BCUT2D eigenvalue weighted by atomic mass is 32.2. The number of rotatable bonds is 7. The summed E-state index contributed by atoms with van der Waals surface area (Å²) in [5, 5.41) is 5.59. The fourth-order valence-corrected chi connectivity index (χ4v) is 3.32. The molecule has 1 rings (SSSR count). The van der Waals surface area contributed by atoms with Gasteiger partial charge in [-0.3, -0.25) is 0 Å². The van der Waals surface area contributed by atoms with Gasteiger partial charge in [-0.15, -0.1) is 11.3 Å². The van der Waals surface area contributed by atoms with Crippen LogP contribution >= 0.6 is 23.1 Å². The molecule has 0 aliphatic heterocycles. The summed E-state index contributed by atoms with van der Waals surface area (Å²) in [4.78, 5) is 4.29. The van der Waals surface area contributed by atoms with Crippen molar-refractivity contribution in [3.05, 3.63) is 11.6 Å². The molecule has 0 bridgehead atoms. The minimum atomic E-state index is 0.605. The minimum Gasteiger partial charge on any atom is -0.313 e. The van der Waals surface area contributed by atoms with Gasteiger partial charge < -0.3 is 5.32 Å². The maximum atomic E-state index is 4.29. The summed E-state index contributed by atoms with van der Waals surface area (Å²) in [7, 11) is 0. The van der Waals surface area contributed by atoms with Crippen molar-refractivity contribution in [3.8, 4) is 0 Å². The molecule has 0 fully saturated rings. The first-order valence-electron chi connectivity index (χ1n) is 5.53. The van der Waals surface area contributed by atoms with Gasteiger partial charge in [0.05, 0.1) is 0 Å². The summed E-state index contributed by atoms with van der Waals surface area (Å²) in [6, 6.07) is 0.605. The number of hydrogen-bond donors (Lipinski definition) is 1. The molecule has 1 N–H and O–H groups in total. The van der Waals surface area contributed by atoms with Crippen LogP contribution in [-0.4, -0.2) is 23.3 Å². The molecular weight excluding hydrogens is 224 g/mol. The second-order valence-electron chi connectivity index (χ2n) is 3.66. The summed E-state index contributed by atoms with van der Waals surface area (Å²) in [5.41, 5.74) is 0. The Labute approximate surface area is 101 Å². The highest BCUT2D eigenvalue weighted by Crippen LogP contribution is 2.23. The van der Waals surface area contributed by atoms with E-state index in [4.69, 9.17) is 0 Å². The zero-order chi connectivity index (χ0) is 11.1. The van der Waals surface area contributed by atoms with E-state index in [-0.39, 0.29) is 0 Å². The van der Waals surface area contributed by atoms with Crippen LogP contribution in [0.25, 0.3) is 0 Å². The van der Waals surface area contributed by atoms with Gasteiger partial charge in [0, 0.05) is 23.4 Å². The van der Waals surface area contributed by atoms with Crippen molar-refractivity contribution in [2.45, 2.75) is 37.6 Å². The number of hydrogen-bond acceptors (Lipinski definition) is 4. The molecule has 1 aromatic heterocycles. The highest BCUT2D eigenvalue weighted by Gasteiger charge is 2.15. The van der Waals surface area contributed by atoms with Crippen LogP contribution in [0.3, 0.4) is 0 Å². The fourth-order valence-electron chi connectivity index (χ4n) is 1.41. The third kappa shape index (κ3) is 4.53. The molecule has 1 heterocycles. The first kappa shape index (κ1) is 13.0. The molecule has 2 nitrogen and oxygen atoms in total. The zero-order valence-electron chi connectivity index (χ0n) is 9.69. The van der Waals surface area contributed by atoms with Crippen LogP contribution in [-0.2, 0) is 0 Å². The molecule has 2 unspecified atom stereocenters. The average Bonchev–Trinajstić information content (AvgIpc) is 2.76. The van der Waals surface area contributed by atoms with Crippen LogP contribution in [0.4, 0.5) is 0 Å². The molecule has 2 atom stereocenters. The average molecular weight is 244 g/mol. The van der Waals surface area contributed by atoms with Gasteiger partial charge >= 0.3 is 0 Å². The van der Waals surface area contributed by atoms with Crippen molar-refractivity contribution in [1.29, 1.82) is 0 Å². The molecule has 0 aliphatic carbocycles. The topological polar surface area (TPSA) is 24.9 Å². The predicted octanol–water partition coefficient (Wildman–Crippen LogP) is 3.26. The molecule has 0 saturated heterocycles. The Hall–Kier alpha value is -0.0600. The van der Waals surface area contributed by atoms with Crippen molar-refractivity contribution >= 4 is 23.1 Å². The van der Waals surface area contributed by atoms with Gasteiger partial charge in [-0.25, -0.2) is 4.98 Å². The van der Waals surface area contributed by atoms with Crippen LogP contribution < -0.4 is 5.32 Å². The second kappa shape index (κ2) is 7.25. The van der Waals surface area contributed by atoms with Crippen molar-refractivity contribution in [2.75, 3.05) is 12.3 Å². The molecular formula is C11H20N2S2. The Bertz CT molecular complexity index is 249. The maximum Gasteiger partial charge on any atom is 0.149 e. The van der Waals surface area contributed by atoms with Gasteiger partial charge in [-0.1, -0.05) is 39.0 Å². The summed E-state index contributed by atoms with van der Waals surface area (Å²) >= 11 is 3.59. The van der Waals surface area contributed by atoms with Gasteiger partial charge in [0.1, 0.15) is 4.34 Å². The van der Waals surface area contributed by atoms with Crippen LogP contribution in [0, 0.1) is 5.92 Å². The van der Waals surface area contributed by atoms with Crippen molar-refractivity contribution < 1.29 is 0 Å². The van der Waals surface area contributed by atoms with Crippen LogP contribution in [0.1, 0.15) is 27.2 Å². The Morgan fingerprint density at radius 1 is 1.53 bits per heavy atom. The number of thioether (sulfide) groups is 1. The van der Waals surface area contributed by atoms with Crippen molar-refractivity contribution in [3.63, 3.8) is 0 Å².